The number of rotatable bonds is 3. The van der Waals surface area contributed by atoms with Gasteiger partial charge in [0.2, 0.25) is 0 Å². The molecule has 2 fully saturated rings. The maximum Gasteiger partial charge on any atom is 0.336 e. The summed E-state index contributed by atoms with van der Waals surface area (Å²) < 4.78 is 0. The van der Waals surface area contributed by atoms with Gasteiger partial charge in [0.1, 0.15) is 0 Å². The molecule has 0 spiro atoms. The molecule has 2 N–H and O–H groups in total. The van der Waals surface area contributed by atoms with Crippen molar-refractivity contribution in [2.45, 2.75) is 70.8 Å². The van der Waals surface area contributed by atoms with Crippen LogP contribution in [0.3, 0.4) is 0 Å². The van der Waals surface area contributed by atoms with E-state index in [1.165, 1.54) is 12.8 Å². The van der Waals surface area contributed by atoms with Crippen molar-refractivity contribution >= 4 is 5.97 Å². The van der Waals surface area contributed by atoms with Gasteiger partial charge in [0.25, 0.3) is 0 Å². The average Bonchev–Trinajstić information content (AvgIpc) is 2.37. The summed E-state index contributed by atoms with van der Waals surface area (Å²) in [5, 5.41) is 20.6. The van der Waals surface area contributed by atoms with Crippen LogP contribution in [0.25, 0.3) is 0 Å². The van der Waals surface area contributed by atoms with Gasteiger partial charge in [-0.1, -0.05) is 39.5 Å². The van der Waals surface area contributed by atoms with Gasteiger partial charge in [-0.3, -0.25) is 0 Å². The SMILES string of the molecule is C[C@H]1CCC[C@@H](C(O)(C(=O)O)[C@H]2CCC[C@H](C)C2)C1. The highest BCUT2D eigenvalue weighted by atomic mass is 16.4. The normalized spacial score (nSPS) is 39.5. The Morgan fingerprint density at radius 1 is 0.947 bits per heavy atom. The molecule has 0 aliphatic heterocycles. The molecule has 0 radical (unpaired) electrons. The van der Waals surface area contributed by atoms with Gasteiger partial charge in [0, 0.05) is 0 Å². The van der Waals surface area contributed by atoms with Crippen LogP contribution in [0.2, 0.25) is 0 Å². The van der Waals surface area contributed by atoms with Gasteiger partial charge in [0.15, 0.2) is 5.60 Å². The molecule has 1 unspecified atom stereocenters. The molecule has 2 aliphatic rings. The van der Waals surface area contributed by atoms with E-state index < -0.39 is 11.6 Å². The first kappa shape index (κ1) is 14.8. The van der Waals surface area contributed by atoms with E-state index in [1.807, 2.05) is 0 Å². The van der Waals surface area contributed by atoms with Gasteiger partial charge in [-0.15, -0.1) is 0 Å². The van der Waals surface area contributed by atoms with Crippen LogP contribution in [-0.2, 0) is 4.79 Å². The summed E-state index contributed by atoms with van der Waals surface area (Å²) in [6, 6.07) is 0. The molecule has 0 amide bonds. The van der Waals surface area contributed by atoms with E-state index in [0.29, 0.717) is 11.8 Å². The Morgan fingerprint density at radius 2 is 1.37 bits per heavy atom. The van der Waals surface area contributed by atoms with Crippen LogP contribution in [0, 0.1) is 23.7 Å². The third-order valence-electron chi connectivity index (χ3n) is 5.46. The molecule has 3 heteroatoms. The zero-order valence-corrected chi connectivity index (χ0v) is 12.3. The van der Waals surface area contributed by atoms with Gasteiger partial charge in [0.05, 0.1) is 0 Å². The fourth-order valence-electron chi connectivity index (χ4n) is 4.35. The van der Waals surface area contributed by atoms with Crippen LogP contribution >= 0.6 is 0 Å². The highest BCUT2D eigenvalue weighted by Crippen LogP contribution is 2.45. The number of carboxylic acid groups (broad SMARTS) is 1. The second-order valence-corrected chi connectivity index (χ2v) is 7.07. The zero-order valence-electron chi connectivity index (χ0n) is 12.3. The highest BCUT2D eigenvalue weighted by molar-refractivity contribution is 5.78. The Hall–Kier alpha value is -0.570. The number of aliphatic carboxylic acids is 1. The van der Waals surface area contributed by atoms with Crippen LogP contribution in [0.5, 0.6) is 0 Å². The van der Waals surface area contributed by atoms with Crippen LogP contribution in [0.15, 0.2) is 0 Å². The molecule has 2 saturated carbocycles. The standard InChI is InChI=1S/C16H28O3/c1-11-5-3-7-13(9-11)16(19,15(17)18)14-8-4-6-12(2)10-14/h11-14,19H,3-10H2,1-2H3,(H,17,18)/t11-,12-,13-,14+,16?/m0/s1. The Bertz CT molecular complexity index is 304. The summed E-state index contributed by atoms with van der Waals surface area (Å²) in [6.45, 7) is 4.36. The molecule has 0 aromatic heterocycles. The van der Waals surface area contributed by atoms with Crippen molar-refractivity contribution in [3.05, 3.63) is 0 Å². The first-order valence-corrected chi connectivity index (χ1v) is 7.90. The van der Waals surface area contributed by atoms with E-state index in [-0.39, 0.29) is 11.8 Å². The maximum atomic E-state index is 11.8. The molecular formula is C16H28O3. The summed E-state index contributed by atoms with van der Waals surface area (Å²) in [6.07, 6.45) is 7.95. The van der Waals surface area contributed by atoms with Crippen molar-refractivity contribution in [1.29, 1.82) is 0 Å². The van der Waals surface area contributed by atoms with Crippen molar-refractivity contribution in [3.63, 3.8) is 0 Å². The van der Waals surface area contributed by atoms with Gasteiger partial charge < -0.3 is 10.2 Å². The van der Waals surface area contributed by atoms with Crippen LogP contribution in [0.4, 0.5) is 0 Å². The third kappa shape index (κ3) is 2.96. The Balaban J connectivity index is 2.18. The van der Waals surface area contributed by atoms with Gasteiger partial charge in [-0.25, -0.2) is 4.79 Å². The first-order chi connectivity index (χ1) is 8.94. The molecule has 0 aromatic carbocycles. The minimum atomic E-state index is -1.48. The van der Waals surface area contributed by atoms with Crippen LogP contribution < -0.4 is 0 Å². The molecule has 2 aliphatic carbocycles. The summed E-state index contributed by atoms with van der Waals surface area (Å²) in [5.41, 5.74) is -1.48. The predicted octanol–water partition coefficient (Wildman–Crippen LogP) is 3.45. The molecule has 2 rings (SSSR count). The van der Waals surface area contributed by atoms with E-state index in [0.717, 1.165) is 38.5 Å². The molecular weight excluding hydrogens is 240 g/mol. The fraction of sp³-hybridized carbons (Fsp3) is 0.938. The zero-order chi connectivity index (χ0) is 14.0. The third-order valence-corrected chi connectivity index (χ3v) is 5.46. The molecule has 110 valence electrons. The maximum absolute atomic E-state index is 11.8. The topological polar surface area (TPSA) is 57.5 Å². The van der Waals surface area contributed by atoms with Crippen LogP contribution in [0.1, 0.15) is 65.2 Å². The summed E-state index contributed by atoms with van der Waals surface area (Å²) in [7, 11) is 0. The second-order valence-electron chi connectivity index (χ2n) is 7.07. The average molecular weight is 268 g/mol. The number of hydrogen-bond donors (Lipinski definition) is 2. The molecule has 0 heterocycles. The Kier molecular flexibility index (Phi) is 4.54. The quantitative estimate of drug-likeness (QED) is 0.824. The number of carboxylic acids is 1. The predicted molar refractivity (Wildman–Crippen MR) is 74.8 cm³/mol. The summed E-state index contributed by atoms with van der Waals surface area (Å²) in [4.78, 5) is 11.8. The lowest BCUT2D eigenvalue weighted by Gasteiger charge is -2.44. The van der Waals surface area contributed by atoms with Gasteiger partial charge in [-0.05, 0) is 49.4 Å². The van der Waals surface area contributed by atoms with Crippen molar-refractivity contribution in [1.82, 2.24) is 0 Å². The number of aliphatic hydroxyl groups is 1. The van der Waals surface area contributed by atoms with E-state index in [9.17, 15) is 15.0 Å². The van der Waals surface area contributed by atoms with Crippen molar-refractivity contribution in [3.8, 4) is 0 Å². The van der Waals surface area contributed by atoms with Crippen molar-refractivity contribution < 1.29 is 15.0 Å². The van der Waals surface area contributed by atoms with Crippen LogP contribution in [-0.4, -0.2) is 21.8 Å². The summed E-state index contributed by atoms with van der Waals surface area (Å²) >= 11 is 0. The molecule has 5 atom stereocenters. The van der Waals surface area contributed by atoms with E-state index >= 15 is 0 Å². The molecule has 0 saturated heterocycles. The number of hydrogen-bond acceptors (Lipinski definition) is 2. The molecule has 0 bridgehead atoms. The lowest BCUT2D eigenvalue weighted by Crippen LogP contribution is -2.54. The minimum absolute atomic E-state index is 0.0518. The van der Waals surface area contributed by atoms with E-state index in [2.05, 4.69) is 13.8 Å². The van der Waals surface area contributed by atoms with Gasteiger partial charge >= 0.3 is 5.97 Å². The Morgan fingerprint density at radius 3 is 1.68 bits per heavy atom. The van der Waals surface area contributed by atoms with Gasteiger partial charge in [-0.2, -0.15) is 0 Å². The molecule has 19 heavy (non-hydrogen) atoms. The lowest BCUT2D eigenvalue weighted by atomic mass is 9.63. The van der Waals surface area contributed by atoms with E-state index in [4.69, 9.17) is 0 Å². The molecule has 0 aromatic rings. The highest BCUT2D eigenvalue weighted by Gasteiger charge is 2.51. The molecule has 3 nitrogen and oxygen atoms in total. The van der Waals surface area contributed by atoms with Crippen molar-refractivity contribution in [2.75, 3.05) is 0 Å². The minimum Gasteiger partial charge on any atom is -0.479 e. The largest absolute Gasteiger partial charge is 0.479 e. The second kappa shape index (κ2) is 5.82. The lowest BCUT2D eigenvalue weighted by molar-refractivity contribution is -0.179. The first-order valence-electron chi connectivity index (χ1n) is 7.90. The summed E-state index contributed by atoms with van der Waals surface area (Å²) in [5.74, 6) is 0.00933. The number of carbonyl (C=O) groups is 1. The monoisotopic (exact) mass is 268 g/mol. The van der Waals surface area contributed by atoms with E-state index in [1.54, 1.807) is 0 Å². The van der Waals surface area contributed by atoms with Crippen molar-refractivity contribution in [2.24, 2.45) is 23.7 Å². The smallest absolute Gasteiger partial charge is 0.336 e. The Labute approximate surface area is 116 Å². The fourth-order valence-corrected chi connectivity index (χ4v) is 4.35.